The Labute approximate surface area is 236 Å². The summed E-state index contributed by atoms with van der Waals surface area (Å²) in [5, 5.41) is 15.1. The summed E-state index contributed by atoms with van der Waals surface area (Å²) in [6.45, 7) is 1.86. The number of carbonyl (C=O) groups excluding carboxylic acids is 1. The van der Waals surface area contributed by atoms with Crippen LogP contribution in [0.4, 0.5) is 0 Å². The molecule has 40 heavy (non-hydrogen) atoms. The molecular weight excluding hydrogens is 522 g/mol. The summed E-state index contributed by atoms with van der Waals surface area (Å²) in [7, 11) is -3.31. The number of aliphatic hydroxyl groups is 1. The molecule has 4 aromatic rings. The molecule has 1 aliphatic carbocycles. The zero-order chi connectivity index (χ0) is 28.3. The fraction of sp³-hybridized carbons (Fsp3) is 0.333. The first-order valence-electron chi connectivity index (χ1n) is 13.7. The third-order valence-electron chi connectivity index (χ3n) is 7.82. The molecule has 1 aliphatic rings. The molecule has 0 bridgehead atoms. The van der Waals surface area contributed by atoms with E-state index in [1.54, 1.807) is 0 Å². The molecule has 1 heterocycles. The maximum Gasteiger partial charge on any atom is 0.172 e. The number of ketones is 1. The van der Waals surface area contributed by atoms with Crippen molar-refractivity contribution in [2.75, 3.05) is 12.0 Å². The maximum atomic E-state index is 12.3. The number of rotatable bonds is 12. The Morgan fingerprint density at radius 3 is 2.15 bits per heavy atom. The standard InChI is InChI=1S/C33H35NO5S/c1-23-31(30(36)10-6-9-24-7-4-3-5-8-24)32(39-34-23)27-13-11-25(12-14-27)26-15-17-28(18-16-26)33(19-20-33)21-29(35)22-40(2,37)38/h3-5,7-8,11-18,30,36H,6,9-10,19-22H2,1-2H3. The van der Waals surface area contributed by atoms with E-state index in [0.29, 0.717) is 17.9 Å². The van der Waals surface area contributed by atoms with Gasteiger partial charge in [0, 0.05) is 23.7 Å². The van der Waals surface area contributed by atoms with Gasteiger partial charge in [-0.15, -0.1) is 0 Å². The van der Waals surface area contributed by atoms with Crippen LogP contribution in [0.25, 0.3) is 22.5 Å². The van der Waals surface area contributed by atoms with Crippen molar-refractivity contribution < 1.29 is 22.8 Å². The van der Waals surface area contributed by atoms with Crippen molar-refractivity contribution in [2.24, 2.45) is 0 Å². The fourth-order valence-corrected chi connectivity index (χ4v) is 6.22. The summed E-state index contributed by atoms with van der Waals surface area (Å²) in [4.78, 5) is 12.3. The molecule has 208 valence electrons. The third kappa shape index (κ3) is 6.60. The average Bonchev–Trinajstić information content (AvgIpc) is 3.60. The van der Waals surface area contributed by atoms with Crippen LogP contribution in [0.15, 0.2) is 83.4 Å². The molecule has 1 aromatic heterocycles. The lowest BCUT2D eigenvalue weighted by molar-refractivity contribution is -0.117. The van der Waals surface area contributed by atoms with Gasteiger partial charge >= 0.3 is 0 Å². The van der Waals surface area contributed by atoms with E-state index in [2.05, 4.69) is 17.3 Å². The van der Waals surface area contributed by atoms with Gasteiger partial charge in [-0.25, -0.2) is 8.42 Å². The highest BCUT2D eigenvalue weighted by atomic mass is 32.2. The number of sulfone groups is 1. The normalized spacial score (nSPS) is 15.1. The summed E-state index contributed by atoms with van der Waals surface area (Å²) >= 11 is 0. The zero-order valence-electron chi connectivity index (χ0n) is 23.0. The summed E-state index contributed by atoms with van der Waals surface area (Å²) < 4.78 is 28.7. The van der Waals surface area contributed by atoms with Crippen LogP contribution in [0.5, 0.6) is 0 Å². The van der Waals surface area contributed by atoms with E-state index < -0.39 is 21.7 Å². The minimum atomic E-state index is -3.31. The number of hydrogen-bond acceptors (Lipinski definition) is 6. The number of nitrogens with zero attached hydrogens (tertiary/aromatic N) is 1. The topological polar surface area (TPSA) is 97.5 Å². The maximum absolute atomic E-state index is 12.3. The van der Waals surface area contributed by atoms with Crippen molar-refractivity contribution in [1.82, 2.24) is 5.16 Å². The molecule has 0 amide bonds. The lowest BCUT2D eigenvalue weighted by Crippen LogP contribution is -2.20. The third-order valence-corrected chi connectivity index (χ3v) is 8.66. The second-order valence-corrected chi connectivity index (χ2v) is 13.3. The Morgan fingerprint density at radius 2 is 1.55 bits per heavy atom. The molecule has 3 aromatic carbocycles. The highest BCUT2D eigenvalue weighted by Crippen LogP contribution is 2.51. The predicted octanol–water partition coefficient (Wildman–Crippen LogP) is 6.41. The van der Waals surface area contributed by atoms with Crippen LogP contribution in [0, 0.1) is 6.92 Å². The summed E-state index contributed by atoms with van der Waals surface area (Å²) in [5.74, 6) is -0.0138. The molecule has 0 spiro atoms. The van der Waals surface area contributed by atoms with E-state index >= 15 is 0 Å². The first kappa shape index (κ1) is 28.0. The average molecular weight is 558 g/mol. The first-order chi connectivity index (χ1) is 19.1. The van der Waals surface area contributed by atoms with Gasteiger partial charge < -0.3 is 9.63 Å². The molecule has 1 fully saturated rings. The van der Waals surface area contributed by atoms with E-state index in [0.717, 1.165) is 59.8 Å². The molecule has 5 rings (SSSR count). The Hall–Kier alpha value is -3.55. The second kappa shape index (κ2) is 11.5. The van der Waals surface area contributed by atoms with Gasteiger partial charge in [0.2, 0.25) is 0 Å². The molecule has 7 heteroatoms. The molecule has 0 radical (unpaired) electrons. The van der Waals surface area contributed by atoms with Crippen LogP contribution >= 0.6 is 0 Å². The van der Waals surface area contributed by atoms with Crippen molar-refractivity contribution in [1.29, 1.82) is 0 Å². The minimum absolute atomic E-state index is 0.219. The van der Waals surface area contributed by atoms with E-state index in [9.17, 15) is 18.3 Å². The Kier molecular flexibility index (Phi) is 8.06. The van der Waals surface area contributed by atoms with E-state index in [-0.39, 0.29) is 17.6 Å². The van der Waals surface area contributed by atoms with Gasteiger partial charge in [-0.2, -0.15) is 0 Å². The summed E-state index contributed by atoms with van der Waals surface area (Å²) in [6, 6.07) is 26.5. The van der Waals surface area contributed by atoms with E-state index in [1.165, 1.54) is 5.56 Å². The zero-order valence-corrected chi connectivity index (χ0v) is 23.8. The molecule has 6 nitrogen and oxygen atoms in total. The highest BCUT2D eigenvalue weighted by Gasteiger charge is 2.45. The van der Waals surface area contributed by atoms with E-state index in [1.807, 2.05) is 73.7 Å². The van der Waals surface area contributed by atoms with Gasteiger partial charge in [0.05, 0.1) is 17.4 Å². The predicted molar refractivity (Wildman–Crippen MR) is 157 cm³/mol. The molecule has 1 unspecified atom stereocenters. The largest absolute Gasteiger partial charge is 0.388 e. The quantitative estimate of drug-likeness (QED) is 0.216. The SMILES string of the molecule is Cc1noc(-c2ccc(-c3ccc(C4(CC(=O)CS(C)(=O)=O)CC4)cc3)cc2)c1C(O)CCCc1ccccc1. The number of aliphatic hydroxyl groups excluding tert-OH is 1. The van der Waals surface area contributed by atoms with Gasteiger partial charge in [-0.1, -0.05) is 84.0 Å². The molecule has 1 saturated carbocycles. The van der Waals surface area contributed by atoms with Crippen molar-refractivity contribution in [3.63, 3.8) is 0 Å². The van der Waals surface area contributed by atoms with Crippen LogP contribution in [0.3, 0.4) is 0 Å². The Morgan fingerprint density at radius 1 is 0.950 bits per heavy atom. The van der Waals surface area contributed by atoms with Gasteiger partial charge in [-0.05, 0) is 61.3 Å². The van der Waals surface area contributed by atoms with Gasteiger partial charge in [0.1, 0.15) is 11.5 Å². The van der Waals surface area contributed by atoms with Crippen LogP contribution in [-0.2, 0) is 26.5 Å². The molecular formula is C33H35NO5S. The molecule has 1 atom stereocenters. The number of Topliss-reactive ketones (excluding diaryl/α,β-unsaturated/α-hetero) is 1. The number of carbonyl (C=O) groups is 1. The highest BCUT2D eigenvalue weighted by molar-refractivity contribution is 7.91. The smallest absolute Gasteiger partial charge is 0.172 e. The van der Waals surface area contributed by atoms with Crippen LogP contribution < -0.4 is 0 Å². The molecule has 1 N–H and O–H groups in total. The second-order valence-electron chi connectivity index (χ2n) is 11.1. The van der Waals surface area contributed by atoms with Crippen molar-refractivity contribution >= 4 is 15.6 Å². The lowest BCUT2D eigenvalue weighted by Gasteiger charge is -2.15. The first-order valence-corrected chi connectivity index (χ1v) is 15.8. The van der Waals surface area contributed by atoms with Gasteiger partial charge in [0.25, 0.3) is 0 Å². The lowest BCUT2D eigenvalue weighted by atomic mass is 9.89. The Balaban J connectivity index is 1.25. The van der Waals surface area contributed by atoms with Gasteiger partial charge in [0.15, 0.2) is 15.6 Å². The van der Waals surface area contributed by atoms with Crippen molar-refractivity contribution in [2.45, 2.75) is 57.0 Å². The summed E-state index contributed by atoms with van der Waals surface area (Å²) in [6.07, 6.45) is 4.89. The van der Waals surface area contributed by atoms with Crippen molar-refractivity contribution in [3.8, 4) is 22.5 Å². The summed E-state index contributed by atoms with van der Waals surface area (Å²) in [5.41, 5.74) is 6.49. The van der Waals surface area contributed by atoms with Crippen LogP contribution in [-0.4, -0.2) is 36.5 Å². The van der Waals surface area contributed by atoms with Crippen LogP contribution in [0.1, 0.15) is 60.6 Å². The number of aryl methyl sites for hydroxylation is 2. The fourth-order valence-electron chi connectivity index (χ4n) is 5.54. The van der Waals surface area contributed by atoms with Crippen molar-refractivity contribution in [3.05, 3.63) is 101 Å². The van der Waals surface area contributed by atoms with E-state index in [4.69, 9.17) is 4.52 Å². The number of hydrogen-bond donors (Lipinski definition) is 1. The van der Waals surface area contributed by atoms with Gasteiger partial charge in [-0.3, -0.25) is 4.79 Å². The molecule has 0 aliphatic heterocycles. The van der Waals surface area contributed by atoms with Crippen LogP contribution in [0.2, 0.25) is 0 Å². The molecule has 0 saturated heterocycles. The number of benzene rings is 3. The minimum Gasteiger partial charge on any atom is -0.388 e. The monoisotopic (exact) mass is 557 g/mol. The number of aromatic nitrogens is 1. The Bertz CT molecular complexity index is 1570.